The SMILES string of the molecule is COc1cc(CNc2ccsc2)cc(Br)c1OC. The Bertz CT molecular complexity index is 514. The minimum absolute atomic E-state index is 0.719. The van der Waals surface area contributed by atoms with Crippen molar-refractivity contribution < 1.29 is 9.47 Å². The Labute approximate surface area is 119 Å². The highest BCUT2D eigenvalue weighted by molar-refractivity contribution is 9.10. The van der Waals surface area contributed by atoms with Gasteiger partial charge in [-0.1, -0.05) is 0 Å². The van der Waals surface area contributed by atoms with E-state index in [1.54, 1.807) is 25.6 Å². The first-order valence-corrected chi connectivity index (χ1v) is 7.14. The monoisotopic (exact) mass is 327 g/mol. The summed E-state index contributed by atoms with van der Waals surface area (Å²) < 4.78 is 11.5. The molecular formula is C13H14BrNO2S. The van der Waals surface area contributed by atoms with Crippen LogP contribution in [0, 0.1) is 0 Å². The summed E-state index contributed by atoms with van der Waals surface area (Å²) in [6.45, 7) is 0.746. The summed E-state index contributed by atoms with van der Waals surface area (Å²) in [6.07, 6.45) is 0. The van der Waals surface area contributed by atoms with Crippen molar-refractivity contribution in [1.82, 2.24) is 0 Å². The highest BCUT2D eigenvalue weighted by Gasteiger charge is 2.10. The van der Waals surface area contributed by atoms with E-state index in [0.29, 0.717) is 0 Å². The van der Waals surface area contributed by atoms with E-state index in [1.807, 2.05) is 17.5 Å². The topological polar surface area (TPSA) is 30.5 Å². The molecule has 18 heavy (non-hydrogen) atoms. The lowest BCUT2D eigenvalue weighted by Gasteiger charge is -2.12. The molecule has 3 nitrogen and oxygen atoms in total. The number of halogens is 1. The Morgan fingerprint density at radius 3 is 2.72 bits per heavy atom. The first-order chi connectivity index (χ1) is 8.74. The molecule has 1 N–H and O–H groups in total. The molecule has 0 saturated heterocycles. The largest absolute Gasteiger partial charge is 0.493 e. The number of hydrogen-bond acceptors (Lipinski definition) is 4. The predicted octanol–water partition coefficient (Wildman–Crippen LogP) is 4.14. The van der Waals surface area contributed by atoms with Crippen LogP contribution in [0.3, 0.4) is 0 Å². The summed E-state index contributed by atoms with van der Waals surface area (Å²) in [5, 5.41) is 7.48. The molecule has 96 valence electrons. The zero-order chi connectivity index (χ0) is 13.0. The van der Waals surface area contributed by atoms with Crippen LogP contribution in [0.15, 0.2) is 33.4 Å². The molecule has 5 heteroatoms. The fourth-order valence-corrected chi connectivity index (χ4v) is 2.91. The molecule has 1 aromatic heterocycles. The van der Waals surface area contributed by atoms with Gasteiger partial charge in [-0.15, -0.1) is 0 Å². The van der Waals surface area contributed by atoms with Crippen molar-refractivity contribution in [1.29, 1.82) is 0 Å². The third kappa shape index (κ3) is 2.97. The number of ether oxygens (including phenoxy) is 2. The van der Waals surface area contributed by atoms with Gasteiger partial charge < -0.3 is 14.8 Å². The molecule has 0 aliphatic rings. The van der Waals surface area contributed by atoms with Crippen LogP contribution < -0.4 is 14.8 Å². The third-order valence-electron chi connectivity index (χ3n) is 2.51. The zero-order valence-electron chi connectivity index (χ0n) is 10.2. The average Bonchev–Trinajstić information content (AvgIpc) is 2.88. The molecule has 0 unspecified atom stereocenters. The Kier molecular flexibility index (Phi) is 4.49. The average molecular weight is 328 g/mol. The Morgan fingerprint density at radius 1 is 1.28 bits per heavy atom. The van der Waals surface area contributed by atoms with Crippen molar-refractivity contribution in [3.8, 4) is 11.5 Å². The van der Waals surface area contributed by atoms with E-state index in [1.165, 1.54) is 0 Å². The van der Waals surface area contributed by atoms with Crippen LogP contribution in [0.4, 0.5) is 5.69 Å². The van der Waals surface area contributed by atoms with E-state index >= 15 is 0 Å². The summed E-state index contributed by atoms with van der Waals surface area (Å²) in [5.74, 6) is 1.45. The van der Waals surface area contributed by atoms with Gasteiger partial charge in [0.1, 0.15) is 0 Å². The first kappa shape index (κ1) is 13.2. The Hall–Kier alpha value is -1.20. The van der Waals surface area contributed by atoms with Crippen molar-refractivity contribution in [3.05, 3.63) is 39.0 Å². The van der Waals surface area contributed by atoms with Gasteiger partial charge in [-0.3, -0.25) is 0 Å². The van der Waals surface area contributed by atoms with Gasteiger partial charge in [-0.05, 0) is 45.1 Å². The summed E-state index contributed by atoms with van der Waals surface area (Å²) in [7, 11) is 3.27. The van der Waals surface area contributed by atoms with Crippen molar-refractivity contribution >= 4 is 33.0 Å². The molecule has 0 spiro atoms. The van der Waals surface area contributed by atoms with Crippen LogP contribution in [-0.2, 0) is 6.54 Å². The number of rotatable bonds is 5. The Balaban J connectivity index is 2.16. The van der Waals surface area contributed by atoms with Gasteiger partial charge in [0.2, 0.25) is 0 Å². The summed E-state index contributed by atoms with van der Waals surface area (Å²) >= 11 is 5.16. The van der Waals surface area contributed by atoms with Crippen LogP contribution >= 0.6 is 27.3 Å². The standard InChI is InChI=1S/C13H14BrNO2S/c1-16-12-6-9(5-11(14)13(12)17-2)7-15-10-3-4-18-8-10/h3-6,8,15H,7H2,1-2H3. The lowest BCUT2D eigenvalue weighted by Crippen LogP contribution is -2.00. The van der Waals surface area contributed by atoms with E-state index in [9.17, 15) is 0 Å². The van der Waals surface area contributed by atoms with E-state index in [2.05, 4.69) is 32.7 Å². The van der Waals surface area contributed by atoms with E-state index in [4.69, 9.17) is 9.47 Å². The van der Waals surface area contributed by atoms with E-state index < -0.39 is 0 Å². The Morgan fingerprint density at radius 2 is 2.11 bits per heavy atom. The molecule has 0 aliphatic heterocycles. The van der Waals surface area contributed by atoms with Crippen molar-refractivity contribution in [2.75, 3.05) is 19.5 Å². The third-order valence-corrected chi connectivity index (χ3v) is 3.78. The minimum Gasteiger partial charge on any atom is -0.493 e. The van der Waals surface area contributed by atoms with Gasteiger partial charge in [0.05, 0.1) is 18.7 Å². The second kappa shape index (κ2) is 6.11. The molecule has 1 aromatic carbocycles. The number of methoxy groups -OCH3 is 2. The molecule has 0 radical (unpaired) electrons. The normalized spacial score (nSPS) is 10.2. The molecule has 0 bridgehead atoms. The van der Waals surface area contributed by atoms with Crippen molar-refractivity contribution in [2.45, 2.75) is 6.54 Å². The molecule has 0 fully saturated rings. The van der Waals surface area contributed by atoms with Crippen LogP contribution in [0.2, 0.25) is 0 Å². The fraction of sp³-hybridized carbons (Fsp3) is 0.231. The number of nitrogens with one attached hydrogen (secondary N) is 1. The van der Waals surface area contributed by atoms with Gasteiger partial charge in [-0.2, -0.15) is 11.3 Å². The van der Waals surface area contributed by atoms with Crippen LogP contribution in [0.25, 0.3) is 0 Å². The van der Waals surface area contributed by atoms with Crippen molar-refractivity contribution in [3.63, 3.8) is 0 Å². The van der Waals surface area contributed by atoms with Gasteiger partial charge in [-0.25, -0.2) is 0 Å². The fourth-order valence-electron chi connectivity index (χ4n) is 1.64. The number of benzene rings is 1. The highest BCUT2D eigenvalue weighted by Crippen LogP contribution is 2.36. The van der Waals surface area contributed by atoms with Crippen molar-refractivity contribution in [2.24, 2.45) is 0 Å². The zero-order valence-corrected chi connectivity index (χ0v) is 12.6. The summed E-state index contributed by atoms with van der Waals surface area (Å²) in [4.78, 5) is 0. The van der Waals surface area contributed by atoms with Crippen LogP contribution in [0.1, 0.15) is 5.56 Å². The predicted molar refractivity (Wildman–Crippen MR) is 78.9 cm³/mol. The second-order valence-corrected chi connectivity index (χ2v) is 5.31. The maximum atomic E-state index is 5.31. The molecule has 0 aliphatic carbocycles. The minimum atomic E-state index is 0.719. The number of thiophene rings is 1. The first-order valence-electron chi connectivity index (χ1n) is 5.41. The highest BCUT2D eigenvalue weighted by atomic mass is 79.9. The van der Waals surface area contributed by atoms with Gasteiger partial charge in [0.25, 0.3) is 0 Å². The summed E-state index contributed by atoms with van der Waals surface area (Å²) in [5.41, 5.74) is 2.26. The molecule has 2 aromatic rings. The second-order valence-electron chi connectivity index (χ2n) is 3.68. The smallest absolute Gasteiger partial charge is 0.174 e. The van der Waals surface area contributed by atoms with Crippen LogP contribution in [0.5, 0.6) is 11.5 Å². The number of hydrogen-bond donors (Lipinski definition) is 1. The molecule has 2 rings (SSSR count). The lowest BCUT2D eigenvalue weighted by molar-refractivity contribution is 0.352. The van der Waals surface area contributed by atoms with Gasteiger partial charge >= 0.3 is 0 Å². The molecular weight excluding hydrogens is 314 g/mol. The maximum absolute atomic E-state index is 5.31. The van der Waals surface area contributed by atoms with E-state index in [-0.39, 0.29) is 0 Å². The molecule has 1 heterocycles. The summed E-state index contributed by atoms with van der Waals surface area (Å²) in [6, 6.07) is 6.06. The molecule has 0 atom stereocenters. The molecule has 0 amide bonds. The molecule has 0 saturated carbocycles. The quantitative estimate of drug-likeness (QED) is 0.895. The van der Waals surface area contributed by atoms with Crippen LogP contribution in [-0.4, -0.2) is 14.2 Å². The van der Waals surface area contributed by atoms with Gasteiger partial charge in [0.15, 0.2) is 11.5 Å². The van der Waals surface area contributed by atoms with E-state index in [0.717, 1.165) is 33.8 Å². The lowest BCUT2D eigenvalue weighted by atomic mass is 10.2. The van der Waals surface area contributed by atoms with Gasteiger partial charge in [0, 0.05) is 17.6 Å². The number of anilines is 1. The maximum Gasteiger partial charge on any atom is 0.174 e.